The number of nitrogens with zero attached hydrogens (tertiary/aromatic N) is 2. The van der Waals surface area contributed by atoms with Gasteiger partial charge in [-0.25, -0.2) is 0 Å². The van der Waals surface area contributed by atoms with Crippen LogP contribution in [0.15, 0.2) is 0 Å². The first-order valence-corrected chi connectivity index (χ1v) is 19.9. The Morgan fingerprint density at radius 1 is 0.487 bits per heavy atom. The summed E-state index contributed by atoms with van der Waals surface area (Å²) < 4.78 is 92.0. The Labute approximate surface area is 234 Å². The van der Waals surface area contributed by atoms with E-state index in [-0.39, 0.29) is 36.1 Å². The van der Waals surface area contributed by atoms with E-state index in [4.69, 9.17) is 13.7 Å². The van der Waals surface area contributed by atoms with E-state index in [2.05, 4.69) is 10.2 Å². The first-order valence-electron chi connectivity index (χ1n) is 13.0. The van der Waals surface area contributed by atoms with E-state index in [9.17, 15) is 39.6 Å². The highest BCUT2D eigenvalue weighted by molar-refractivity contribution is 7.86. The van der Waals surface area contributed by atoms with Crippen molar-refractivity contribution >= 4 is 39.2 Å². The van der Waals surface area contributed by atoms with Gasteiger partial charge in [-0.1, -0.05) is 6.42 Å². The van der Waals surface area contributed by atoms with Gasteiger partial charge in [-0.15, -0.1) is 0 Å². The first kappa shape index (κ1) is 38.7. The van der Waals surface area contributed by atoms with E-state index in [1.165, 1.54) is 0 Å². The van der Waals surface area contributed by atoms with Gasteiger partial charge < -0.3 is 29.5 Å². The molecule has 0 fully saturated rings. The zero-order valence-electron chi connectivity index (χ0n) is 22.4. The second-order valence-electron chi connectivity index (χ2n) is 9.64. The molecule has 0 aromatic rings. The third-order valence-electron chi connectivity index (χ3n) is 5.83. The van der Waals surface area contributed by atoms with Crippen molar-refractivity contribution in [1.29, 1.82) is 0 Å². The van der Waals surface area contributed by atoms with Crippen molar-refractivity contribution in [2.75, 3.05) is 69.6 Å². The molecule has 0 spiro atoms. The van der Waals surface area contributed by atoms with Crippen LogP contribution in [0.3, 0.4) is 0 Å². The molecule has 19 heteroatoms. The maximum Gasteiger partial charge on any atom is 0.492 e. The Kier molecular flexibility index (Phi) is 19.6. The Balaban J connectivity index is 4.79. The summed E-state index contributed by atoms with van der Waals surface area (Å²) in [5.41, 5.74) is 0. The van der Waals surface area contributed by atoms with Crippen LogP contribution in [0.1, 0.15) is 51.4 Å². The number of nitrogens with one attached hydrogen (secondary N) is 1. The maximum atomic E-state index is 11.0. The molecule has 0 atom stereocenters. The minimum absolute atomic E-state index is 0.137. The predicted molar refractivity (Wildman–Crippen MR) is 149 cm³/mol. The molecule has 0 aromatic carbocycles. The SMILES string of the molecule is O=S(=O)(O)CCCCCNCCN(CCCCS(=O)(=O)O)CCN(CCCCS(=O)(=O)O)CCC[Si](O)(O)O. The van der Waals surface area contributed by atoms with Crippen LogP contribution in [-0.4, -0.2) is 142 Å². The molecule has 0 bridgehead atoms. The molecule has 236 valence electrons. The van der Waals surface area contributed by atoms with E-state index in [1.54, 1.807) is 0 Å². The van der Waals surface area contributed by atoms with E-state index in [1.807, 2.05) is 4.90 Å². The van der Waals surface area contributed by atoms with Gasteiger partial charge in [-0.2, -0.15) is 25.3 Å². The highest BCUT2D eigenvalue weighted by atomic mass is 32.2. The Morgan fingerprint density at radius 2 is 0.897 bits per heavy atom. The van der Waals surface area contributed by atoms with Gasteiger partial charge in [0.15, 0.2) is 0 Å². The van der Waals surface area contributed by atoms with Crippen molar-refractivity contribution in [2.45, 2.75) is 57.4 Å². The molecular formula is C20H47N3O12S3Si. The van der Waals surface area contributed by atoms with Crippen LogP contribution in [0.2, 0.25) is 6.04 Å². The molecule has 0 aliphatic rings. The standard InChI is InChI=1S/C20H47N3O12S3Si/c24-36(25,26)17-5-1-2-9-21-10-14-23(12-4-7-19-38(30,31)32)16-15-22(13-8-20-39(33,34)35)11-3-6-18-37(27,28)29/h21,33-35H,1-20H2,(H,24,25,26)(H,27,28,29)(H,30,31,32). The van der Waals surface area contributed by atoms with E-state index in [0.29, 0.717) is 84.5 Å². The van der Waals surface area contributed by atoms with Crippen LogP contribution in [0.5, 0.6) is 0 Å². The van der Waals surface area contributed by atoms with Crippen LogP contribution in [0.4, 0.5) is 0 Å². The zero-order chi connectivity index (χ0) is 30.0. The average Bonchev–Trinajstić information content (AvgIpc) is 2.75. The monoisotopic (exact) mass is 645 g/mol. The Bertz CT molecular complexity index is 960. The molecule has 0 aliphatic heterocycles. The second-order valence-corrected chi connectivity index (χ2v) is 16.4. The molecule has 0 rings (SSSR count). The summed E-state index contributed by atoms with van der Waals surface area (Å²) in [5.74, 6) is -0.964. The van der Waals surface area contributed by atoms with Gasteiger partial charge in [0.1, 0.15) is 0 Å². The fourth-order valence-corrected chi connectivity index (χ4v) is 6.15. The molecule has 0 aromatic heterocycles. The third-order valence-corrected chi connectivity index (χ3v) is 9.27. The van der Waals surface area contributed by atoms with Crippen molar-refractivity contribution in [1.82, 2.24) is 15.1 Å². The molecule has 0 saturated carbocycles. The Morgan fingerprint density at radius 3 is 1.33 bits per heavy atom. The number of hydrogen-bond acceptors (Lipinski definition) is 12. The van der Waals surface area contributed by atoms with Crippen LogP contribution >= 0.6 is 0 Å². The molecule has 0 aliphatic carbocycles. The molecule has 0 saturated heterocycles. The number of unbranched alkanes of at least 4 members (excludes halogenated alkanes) is 4. The highest BCUT2D eigenvalue weighted by Gasteiger charge is 2.26. The van der Waals surface area contributed by atoms with Crippen LogP contribution in [0.25, 0.3) is 0 Å². The Hall–Kier alpha value is -0.293. The summed E-state index contributed by atoms with van der Waals surface area (Å²) in [7, 11) is -16.2. The molecule has 15 nitrogen and oxygen atoms in total. The lowest BCUT2D eigenvalue weighted by molar-refractivity contribution is 0.192. The summed E-state index contributed by atoms with van der Waals surface area (Å²) in [6.07, 6.45) is 3.59. The smallest absolute Gasteiger partial charge is 0.390 e. The summed E-state index contributed by atoms with van der Waals surface area (Å²) in [6.45, 7) is 4.47. The lowest BCUT2D eigenvalue weighted by Gasteiger charge is -2.28. The molecule has 7 N–H and O–H groups in total. The molecule has 39 heavy (non-hydrogen) atoms. The lowest BCUT2D eigenvalue weighted by Crippen LogP contribution is -2.41. The molecule has 0 heterocycles. The average molecular weight is 646 g/mol. The van der Waals surface area contributed by atoms with Crippen molar-refractivity contribution in [3.8, 4) is 0 Å². The van der Waals surface area contributed by atoms with Crippen molar-refractivity contribution in [3.05, 3.63) is 0 Å². The van der Waals surface area contributed by atoms with Gasteiger partial charge in [0.2, 0.25) is 0 Å². The quantitative estimate of drug-likeness (QED) is 0.0335. The lowest BCUT2D eigenvalue weighted by atomic mass is 10.2. The van der Waals surface area contributed by atoms with Crippen molar-refractivity contribution in [2.24, 2.45) is 0 Å². The maximum absolute atomic E-state index is 11.0. The summed E-state index contributed by atoms with van der Waals surface area (Å²) in [6, 6.07) is -0.137. The highest BCUT2D eigenvalue weighted by Crippen LogP contribution is 2.07. The summed E-state index contributed by atoms with van der Waals surface area (Å²) in [4.78, 5) is 31.9. The normalized spacial score (nSPS) is 13.5. The molecule has 0 amide bonds. The number of hydrogen-bond donors (Lipinski definition) is 7. The predicted octanol–water partition coefficient (Wildman–Crippen LogP) is -1.12. The summed E-state index contributed by atoms with van der Waals surface area (Å²) in [5, 5.41) is 3.26. The third kappa shape index (κ3) is 30.5. The largest absolute Gasteiger partial charge is 0.492 e. The molecule has 0 unspecified atom stereocenters. The van der Waals surface area contributed by atoms with E-state index in [0.717, 1.165) is 6.42 Å². The minimum atomic E-state index is -4.18. The van der Waals surface area contributed by atoms with Gasteiger partial charge in [0, 0.05) is 32.2 Å². The summed E-state index contributed by atoms with van der Waals surface area (Å²) >= 11 is 0. The molecular weight excluding hydrogens is 599 g/mol. The fourth-order valence-electron chi connectivity index (χ4n) is 3.81. The van der Waals surface area contributed by atoms with Gasteiger partial charge >= 0.3 is 8.80 Å². The zero-order valence-corrected chi connectivity index (χ0v) is 25.8. The van der Waals surface area contributed by atoms with Gasteiger partial charge in [-0.3, -0.25) is 13.7 Å². The topological polar surface area (TPSA) is 242 Å². The van der Waals surface area contributed by atoms with Gasteiger partial charge in [0.25, 0.3) is 30.4 Å². The van der Waals surface area contributed by atoms with Crippen molar-refractivity contribution < 1.29 is 53.3 Å². The molecule has 0 radical (unpaired) electrons. The van der Waals surface area contributed by atoms with Gasteiger partial charge in [0.05, 0.1) is 17.3 Å². The second kappa shape index (κ2) is 19.8. The van der Waals surface area contributed by atoms with E-state index >= 15 is 0 Å². The van der Waals surface area contributed by atoms with E-state index < -0.39 is 39.2 Å². The minimum Gasteiger partial charge on any atom is -0.390 e. The van der Waals surface area contributed by atoms with Crippen molar-refractivity contribution in [3.63, 3.8) is 0 Å². The van der Waals surface area contributed by atoms with Crippen LogP contribution < -0.4 is 5.32 Å². The van der Waals surface area contributed by atoms with Crippen LogP contribution in [-0.2, 0) is 30.4 Å². The first-order chi connectivity index (χ1) is 17.9. The van der Waals surface area contributed by atoms with Gasteiger partial charge in [-0.05, 0) is 71.1 Å². The number of rotatable bonds is 26. The van der Waals surface area contributed by atoms with Crippen LogP contribution in [0, 0.1) is 0 Å². The fraction of sp³-hybridized carbons (Fsp3) is 1.00.